The van der Waals surface area contributed by atoms with E-state index in [0.29, 0.717) is 13.2 Å². The standard InChI is InChI=1S/C34H40N2O7/c1-4-39-28(37)20-27(36(22-25-16-10-6-11-17-25)33(38)35-21-24-14-8-5-9-15-24)29-30(40-23-26-18-12-7-13-19-26)31-32(41-29)43-34(2,3)42-31/h5-19,27,29-32H,4,20-23H2,1-3H3,(H,35,38)/t27?,29?,30-,31+,32+/m0/s1. The number of carbonyl (C=O) groups excluding carboxylic acids is 2. The number of hydrogen-bond donors (Lipinski definition) is 1. The minimum Gasteiger partial charge on any atom is -0.466 e. The molecule has 2 aliphatic heterocycles. The molecule has 0 bridgehead atoms. The fourth-order valence-corrected chi connectivity index (χ4v) is 5.56. The highest BCUT2D eigenvalue weighted by Gasteiger charge is 2.58. The quantitative estimate of drug-likeness (QED) is 0.291. The van der Waals surface area contributed by atoms with Crippen LogP contribution in [0.4, 0.5) is 4.79 Å². The summed E-state index contributed by atoms with van der Waals surface area (Å²) in [5, 5.41) is 3.04. The van der Waals surface area contributed by atoms with E-state index in [4.69, 9.17) is 23.7 Å². The Morgan fingerprint density at radius 1 is 0.884 bits per heavy atom. The Kier molecular flexibility index (Phi) is 10.1. The Hall–Kier alpha value is -3.76. The Morgan fingerprint density at radius 2 is 1.49 bits per heavy atom. The van der Waals surface area contributed by atoms with Gasteiger partial charge in [0.2, 0.25) is 0 Å². The van der Waals surface area contributed by atoms with E-state index in [-0.39, 0.29) is 25.6 Å². The molecule has 2 saturated heterocycles. The van der Waals surface area contributed by atoms with E-state index in [0.717, 1.165) is 16.7 Å². The van der Waals surface area contributed by atoms with Crippen molar-refractivity contribution in [1.29, 1.82) is 0 Å². The zero-order valence-electron chi connectivity index (χ0n) is 24.9. The molecule has 2 aliphatic rings. The zero-order chi connectivity index (χ0) is 30.2. The number of ether oxygens (including phenoxy) is 5. The summed E-state index contributed by atoms with van der Waals surface area (Å²) in [5.41, 5.74) is 2.84. The van der Waals surface area contributed by atoms with Crippen molar-refractivity contribution >= 4 is 12.0 Å². The number of nitrogens with one attached hydrogen (secondary N) is 1. The average Bonchev–Trinajstić information content (AvgIpc) is 3.49. The van der Waals surface area contributed by atoms with Crippen molar-refractivity contribution in [3.63, 3.8) is 0 Å². The lowest BCUT2D eigenvalue weighted by Crippen LogP contribution is -2.55. The molecule has 0 aromatic heterocycles. The minimum atomic E-state index is -0.873. The molecule has 2 heterocycles. The lowest BCUT2D eigenvalue weighted by atomic mass is 9.98. The first-order valence-electron chi connectivity index (χ1n) is 14.8. The van der Waals surface area contributed by atoms with Crippen molar-refractivity contribution in [3.8, 4) is 0 Å². The number of carbonyl (C=O) groups is 2. The van der Waals surface area contributed by atoms with Gasteiger partial charge < -0.3 is 33.9 Å². The summed E-state index contributed by atoms with van der Waals surface area (Å²) in [6.07, 6.45) is -2.76. The maximum Gasteiger partial charge on any atom is 0.318 e. The highest BCUT2D eigenvalue weighted by Crippen LogP contribution is 2.41. The highest BCUT2D eigenvalue weighted by molar-refractivity contribution is 5.76. The molecule has 3 aromatic carbocycles. The van der Waals surface area contributed by atoms with Crippen LogP contribution in [-0.4, -0.2) is 59.9 Å². The molecule has 9 nitrogen and oxygen atoms in total. The predicted octanol–water partition coefficient (Wildman–Crippen LogP) is 5.18. The predicted molar refractivity (Wildman–Crippen MR) is 159 cm³/mol. The number of nitrogens with zero attached hydrogens (tertiary/aromatic N) is 1. The van der Waals surface area contributed by atoms with Crippen LogP contribution in [0.5, 0.6) is 0 Å². The van der Waals surface area contributed by atoms with Gasteiger partial charge in [-0.3, -0.25) is 4.79 Å². The lowest BCUT2D eigenvalue weighted by Gasteiger charge is -2.38. The van der Waals surface area contributed by atoms with Crippen LogP contribution in [0.1, 0.15) is 43.9 Å². The smallest absolute Gasteiger partial charge is 0.318 e. The number of fused-ring (bicyclic) bond motifs is 1. The number of urea groups is 1. The van der Waals surface area contributed by atoms with Gasteiger partial charge in [-0.25, -0.2) is 4.79 Å². The highest BCUT2D eigenvalue weighted by atomic mass is 16.8. The minimum absolute atomic E-state index is 0.0991. The third-order valence-electron chi connectivity index (χ3n) is 7.52. The van der Waals surface area contributed by atoms with Crippen molar-refractivity contribution in [2.75, 3.05) is 6.61 Å². The van der Waals surface area contributed by atoms with Crippen molar-refractivity contribution in [3.05, 3.63) is 108 Å². The van der Waals surface area contributed by atoms with Crippen molar-refractivity contribution < 1.29 is 33.3 Å². The Morgan fingerprint density at radius 3 is 2.12 bits per heavy atom. The van der Waals surface area contributed by atoms with E-state index < -0.39 is 42.4 Å². The van der Waals surface area contributed by atoms with E-state index in [1.807, 2.05) is 105 Å². The fourth-order valence-electron chi connectivity index (χ4n) is 5.56. The SMILES string of the molecule is CCOC(=O)CC(C1O[C@@H]2OC(C)(C)O[C@@H]2[C@H]1OCc1ccccc1)N(Cc1ccccc1)C(=O)NCc1ccccc1. The van der Waals surface area contributed by atoms with Crippen LogP contribution in [-0.2, 0) is 48.2 Å². The van der Waals surface area contributed by atoms with Gasteiger partial charge in [-0.15, -0.1) is 0 Å². The van der Waals surface area contributed by atoms with Gasteiger partial charge in [0.15, 0.2) is 12.1 Å². The molecule has 9 heteroatoms. The van der Waals surface area contributed by atoms with Crippen LogP contribution < -0.4 is 5.32 Å². The molecule has 0 radical (unpaired) electrons. The number of rotatable bonds is 12. The molecule has 0 aliphatic carbocycles. The monoisotopic (exact) mass is 588 g/mol. The number of benzene rings is 3. The van der Waals surface area contributed by atoms with Gasteiger partial charge in [0.1, 0.15) is 18.3 Å². The van der Waals surface area contributed by atoms with Crippen LogP contribution in [0.25, 0.3) is 0 Å². The molecule has 5 atom stereocenters. The summed E-state index contributed by atoms with van der Waals surface area (Å²) in [5.74, 6) is -1.31. The molecule has 2 unspecified atom stereocenters. The third kappa shape index (κ3) is 8.00. The molecular weight excluding hydrogens is 548 g/mol. The third-order valence-corrected chi connectivity index (χ3v) is 7.52. The zero-order valence-corrected chi connectivity index (χ0v) is 24.9. The molecule has 1 N–H and O–H groups in total. The largest absolute Gasteiger partial charge is 0.466 e. The van der Waals surface area contributed by atoms with Gasteiger partial charge in [-0.05, 0) is 37.5 Å². The summed E-state index contributed by atoms with van der Waals surface area (Å²) < 4.78 is 30.7. The summed E-state index contributed by atoms with van der Waals surface area (Å²) in [7, 11) is 0. The first-order chi connectivity index (χ1) is 20.8. The summed E-state index contributed by atoms with van der Waals surface area (Å²) in [6, 6.07) is 28.0. The van der Waals surface area contributed by atoms with E-state index in [2.05, 4.69) is 5.32 Å². The van der Waals surface area contributed by atoms with Crippen LogP contribution in [0.15, 0.2) is 91.0 Å². The number of esters is 1. The Labute approximate surface area is 253 Å². The molecule has 2 amide bonds. The van der Waals surface area contributed by atoms with Crippen LogP contribution in [0, 0.1) is 0 Å². The molecule has 0 spiro atoms. The first-order valence-corrected chi connectivity index (χ1v) is 14.8. The van der Waals surface area contributed by atoms with Gasteiger partial charge in [0, 0.05) is 13.1 Å². The van der Waals surface area contributed by atoms with E-state index in [1.165, 1.54) is 0 Å². The van der Waals surface area contributed by atoms with Crippen LogP contribution in [0.2, 0.25) is 0 Å². The molecule has 3 aromatic rings. The number of amides is 2. The summed E-state index contributed by atoms with van der Waals surface area (Å²) in [4.78, 5) is 28.7. The van der Waals surface area contributed by atoms with Gasteiger partial charge in [0.25, 0.3) is 0 Å². The molecule has 43 heavy (non-hydrogen) atoms. The lowest BCUT2D eigenvalue weighted by molar-refractivity contribution is -0.226. The molecule has 0 saturated carbocycles. The average molecular weight is 589 g/mol. The first kappa shape index (κ1) is 30.7. The number of hydrogen-bond acceptors (Lipinski definition) is 7. The van der Waals surface area contributed by atoms with Gasteiger partial charge in [-0.1, -0.05) is 91.0 Å². The van der Waals surface area contributed by atoms with Gasteiger partial charge in [0.05, 0.1) is 25.7 Å². The van der Waals surface area contributed by atoms with Crippen LogP contribution >= 0.6 is 0 Å². The summed E-state index contributed by atoms with van der Waals surface area (Å²) >= 11 is 0. The molecular formula is C34H40N2O7. The second-order valence-electron chi connectivity index (χ2n) is 11.2. The van der Waals surface area contributed by atoms with Crippen molar-refractivity contribution in [1.82, 2.24) is 10.2 Å². The maximum absolute atomic E-state index is 14.0. The molecule has 5 rings (SSSR count). The Balaban J connectivity index is 1.47. The van der Waals surface area contributed by atoms with E-state index in [1.54, 1.807) is 11.8 Å². The van der Waals surface area contributed by atoms with E-state index >= 15 is 0 Å². The second kappa shape index (κ2) is 14.1. The van der Waals surface area contributed by atoms with E-state index in [9.17, 15) is 9.59 Å². The summed E-state index contributed by atoms with van der Waals surface area (Å²) in [6.45, 7) is 6.48. The van der Waals surface area contributed by atoms with Crippen molar-refractivity contribution in [2.45, 2.75) is 83.3 Å². The normalized spacial score (nSPS) is 22.9. The molecule has 2 fully saturated rings. The van der Waals surface area contributed by atoms with Crippen molar-refractivity contribution in [2.24, 2.45) is 0 Å². The Bertz CT molecular complexity index is 1320. The second-order valence-corrected chi connectivity index (χ2v) is 11.2. The van der Waals surface area contributed by atoms with Gasteiger partial charge in [-0.2, -0.15) is 0 Å². The topological polar surface area (TPSA) is 95.6 Å². The van der Waals surface area contributed by atoms with Gasteiger partial charge >= 0.3 is 12.0 Å². The van der Waals surface area contributed by atoms with Crippen LogP contribution in [0.3, 0.4) is 0 Å². The maximum atomic E-state index is 14.0. The molecule has 228 valence electrons. The fraction of sp³-hybridized carbons (Fsp3) is 0.412.